The molecule has 2 heterocycles. The van der Waals surface area contributed by atoms with Gasteiger partial charge in [0.05, 0.1) is 19.8 Å². The lowest BCUT2D eigenvalue weighted by Gasteiger charge is -2.35. The van der Waals surface area contributed by atoms with Crippen LogP contribution in [0.3, 0.4) is 0 Å². The summed E-state index contributed by atoms with van der Waals surface area (Å²) in [5.74, 6) is 0.164. The van der Waals surface area contributed by atoms with Crippen LogP contribution in [0, 0.1) is 5.92 Å². The van der Waals surface area contributed by atoms with Crippen molar-refractivity contribution < 1.29 is 27.8 Å². The maximum Gasteiger partial charge on any atom is 0.300 e. The molecule has 0 spiro atoms. The predicted molar refractivity (Wildman–Crippen MR) is 108 cm³/mol. The van der Waals surface area contributed by atoms with Crippen LogP contribution < -0.4 is 9.46 Å². The smallest absolute Gasteiger partial charge is 0.300 e. The van der Waals surface area contributed by atoms with E-state index in [1.54, 1.807) is 12.1 Å². The molecular weight excluding hydrogens is 420 g/mol. The highest BCUT2D eigenvalue weighted by Crippen LogP contribution is 2.38. The average molecular weight is 447 g/mol. The topological polar surface area (TPSA) is 105 Å². The molecule has 3 aliphatic rings. The number of halogens is 1. The SMILES string of the molecule is CC(=O)O.COc1ccc(Cl)cc1S(=O)(=O)N[C@H]1C[C@H]2CO[C@@H](C3CC3)CN2C1. The van der Waals surface area contributed by atoms with Crippen molar-refractivity contribution in [2.24, 2.45) is 5.92 Å². The number of nitrogens with one attached hydrogen (secondary N) is 1. The van der Waals surface area contributed by atoms with Crippen LogP contribution in [-0.4, -0.2) is 69.4 Å². The van der Waals surface area contributed by atoms with Gasteiger partial charge in [0.15, 0.2) is 0 Å². The Bertz CT molecular complexity index is 841. The fraction of sp³-hybridized carbons (Fsp3) is 0.632. The summed E-state index contributed by atoms with van der Waals surface area (Å²) >= 11 is 5.98. The molecular formula is C19H27ClN2O6S. The van der Waals surface area contributed by atoms with Gasteiger partial charge in [-0.3, -0.25) is 9.69 Å². The third-order valence-electron chi connectivity index (χ3n) is 5.33. The summed E-state index contributed by atoms with van der Waals surface area (Å²) in [7, 11) is -2.24. The van der Waals surface area contributed by atoms with Gasteiger partial charge in [0.25, 0.3) is 5.97 Å². The minimum atomic E-state index is -3.70. The number of aliphatic carboxylic acids is 1. The normalized spacial score (nSPS) is 26.9. The Morgan fingerprint density at radius 1 is 1.34 bits per heavy atom. The first-order chi connectivity index (χ1) is 13.7. The molecule has 2 N–H and O–H groups in total. The number of morpholine rings is 1. The second-order valence-electron chi connectivity index (χ2n) is 7.69. The predicted octanol–water partition coefficient (Wildman–Crippen LogP) is 1.97. The van der Waals surface area contributed by atoms with E-state index in [4.69, 9.17) is 31.0 Å². The Morgan fingerprint density at radius 3 is 2.66 bits per heavy atom. The van der Waals surface area contributed by atoms with Crippen LogP contribution in [0.15, 0.2) is 23.1 Å². The summed E-state index contributed by atoms with van der Waals surface area (Å²) in [6, 6.07) is 4.79. The van der Waals surface area contributed by atoms with E-state index in [0.717, 1.165) is 26.4 Å². The Morgan fingerprint density at radius 2 is 2.03 bits per heavy atom. The Labute approximate surface area is 176 Å². The first-order valence-electron chi connectivity index (χ1n) is 9.60. The minimum Gasteiger partial charge on any atom is -0.495 e. The highest BCUT2D eigenvalue weighted by molar-refractivity contribution is 7.89. The maximum absolute atomic E-state index is 12.8. The monoisotopic (exact) mass is 446 g/mol. The number of ether oxygens (including phenoxy) is 2. The summed E-state index contributed by atoms with van der Waals surface area (Å²) in [6.07, 6.45) is 3.60. The summed E-state index contributed by atoms with van der Waals surface area (Å²) < 4.78 is 39.6. The molecule has 29 heavy (non-hydrogen) atoms. The molecule has 1 aliphatic carbocycles. The van der Waals surface area contributed by atoms with Gasteiger partial charge in [-0.2, -0.15) is 0 Å². The lowest BCUT2D eigenvalue weighted by molar-refractivity contribution is -0.134. The Kier molecular flexibility index (Phi) is 7.06. The first-order valence-corrected chi connectivity index (χ1v) is 11.5. The molecule has 3 atom stereocenters. The van der Waals surface area contributed by atoms with Crippen LogP contribution in [0.5, 0.6) is 5.75 Å². The van der Waals surface area contributed by atoms with Crippen LogP contribution >= 0.6 is 11.6 Å². The van der Waals surface area contributed by atoms with Crippen LogP contribution in [0.25, 0.3) is 0 Å². The van der Waals surface area contributed by atoms with Gasteiger partial charge in [-0.25, -0.2) is 13.1 Å². The zero-order valence-electron chi connectivity index (χ0n) is 16.5. The number of fused-ring (bicyclic) bond motifs is 1. The molecule has 1 aromatic rings. The number of carbonyl (C=O) groups is 1. The highest BCUT2D eigenvalue weighted by atomic mass is 35.5. The van der Waals surface area contributed by atoms with E-state index in [2.05, 4.69) is 9.62 Å². The van der Waals surface area contributed by atoms with Crippen LogP contribution in [0.4, 0.5) is 0 Å². The Balaban J connectivity index is 0.000000552. The van der Waals surface area contributed by atoms with Gasteiger partial charge in [0, 0.05) is 37.1 Å². The number of rotatable bonds is 5. The van der Waals surface area contributed by atoms with Crippen molar-refractivity contribution in [1.29, 1.82) is 0 Å². The molecule has 0 amide bonds. The number of methoxy groups -OCH3 is 1. The fourth-order valence-corrected chi connectivity index (χ4v) is 5.55. The molecule has 4 rings (SSSR count). The van der Waals surface area contributed by atoms with Gasteiger partial charge in [-0.1, -0.05) is 11.6 Å². The van der Waals surface area contributed by atoms with Gasteiger partial charge >= 0.3 is 0 Å². The van der Waals surface area contributed by atoms with Gasteiger partial charge in [0.1, 0.15) is 10.6 Å². The minimum absolute atomic E-state index is 0.0829. The summed E-state index contributed by atoms with van der Waals surface area (Å²) in [4.78, 5) is 11.5. The third-order valence-corrected chi connectivity index (χ3v) is 7.11. The van der Waals surface area contributed by atoms with Gasteiger partial charge in [0.2, 0.25) is 10.0 Å². The number of hydrogen-bond acceptors (Lipinski definition) is 6. The van der Waals surface area contributed by atoms with Crippen LogP contribution in [0.1, 0.15) is 26.2 Å². The summed E-state index contributed by atoms with van der Waals surface area (Å²) in [6.45, 7) is 3.41. The number of carboxylic acids is 1. The van der Waals surface area contributed by atoms with Crippen molar-refractivity contribution in [3.05, 3.63) is 23.2 Å². The van der Waals surface area contributed by atoms with Crippen molar-refractivity contribution in [3.8, 4) is 5.75 Å². The molecule has 1 aromatic carbocycles. The summed E-state index contributed by atoms with van der Waals surface area (Å²) in [5.41, 5.74) is 0. The molecule has 162 valence electrons. The van der Waals surface area contributed by atoms with E-state index >= 15 is 0 Å². The van der Waals surface area contributed by atoms with Crippen LogP contribution in [-0.2, 0) is 19.6 Å². The standard InChI is InChI=1S/C17H23ClN2O4S.C2H4O2/c1-23-15-5-4-12(18)6-17(15)25(21,22)19-13-7-14-10-24-16(11-2-3-11)9-20(14)8-13;1-2(3)4/h4-6,11,13-14,16,19H,2-3,7-10H2,1H3;1H3,(H,3,4)/t13-,14-,16+;/m0./s1. The lowest BCUT2D eigenvalue weighted by atomic mass is 10.1. The second-order valence-corrected chi connectivity index (χ2v) is 9.80. The molecule has 0 aromatic heterocycles. The summed E-state index contributed by atoms with van der Waals surface area (Å²) in [5, 5.41) is 7.78. The van der Waals surface area contributed by atoms with E-state index in [1.807, 2.05) is 0 Å². The maximum atomic E-state index is 12.8. The van der Waals surface area contributed by atoms with Gasteiger partial charge in [-0.05, 0) is 43.4 Å². The number of sulfonamides is 1. The third kappa shape index (κ3) is 5.82. The molecule has 0 radical (unpaired) electrons. The number of nitrogens with zero attached hydrogens (tertiary/aromatic N) is 1. The van der Waals surface area contributed by atoms with Crippen molar-refractivity contribution >= 4 is 27.6 Å². The van der Waals surface area contributed by atoms with E-state index in [0.29, 0.717) is 35.4 Å². The van der Waals surface area contributed by atoms with E-state index < -0.39 is 16.0 Å². The lowest BCUT2D eigenvalue weighted by Crippen LogP contribution is -2.47. The van der Waals surface area contributed by atoms with Crippen LogP contribution in [0.2, 0.25) is 5.02 Å². The zero-order valence-corrected chi connectivity index (χ0v) is 18.1. The molecule has 1 saturated carbocycles. The van der Waals surface area contributed by atoms with Crippen molar-refractivity contribution in [1.82, 2.24) is 9.62 Å². The largest absolute Gasteiger partial charge is 0.495 e. The second kappa shape index (κ2) is 9.18. The quantitative estimate of drug-likeness (QED) is 0.712. The molecule has 0 unspecified atom stereocenters. The highest BCUT2D eigenvalue weighted by Gasteiger charge is 2.43. The molecule has 2 saturated heterocycles. The van der Waals surface area contributed by atoms with Gasteiger partial charge in [-0.15, -0.1) is 0 Å². The van der Waals surface area contributed by atoms with Crippen molar-refractivity contribution in [2.45, 2.75) is 49.3 Å². The average Bonchev–Trinajstić information content (AvgIpc) is 3.41. The number of carboxylic acid groups (broad SMARTS) is 1. The first kappa shape index (κ1) is 22.3. The van der Waals surface area contributed by atoms with E-state index in [9.17, 15) is 8.42 Å². The van der Waals surface area contributed by atoms with E-state index in [1.165, 1.54) is 26.0 Å². The van der Waals surface area contributed by atoms with Gasteiger partial charge < -0.3 is 14.6 Å². The molecule has 8 nitrogen and oxygen atoms in total. The number of benzene rings is 1. The molecule has 10 heteroatoms. The Hall–Kier alpha value is -1.39. The zero-order chi connectivity index (χ0) is 21.2. The fourth-order valence-electron chi connectivity index (χ4n) is 3.88. The molecule has 3 fully saturated rings. The molecule has 0 bridgehead atoms. The molecule has 2 aliphatic heterocycles. The van der Waals surface area contributed by atoms with E-state index in [-0.39, 0.29) is 10.9 Å². The van der Waals surface area contributed by atoms with Crippen molar-refractivity contribution in [2.75, 3.05) is 26.8 Å². The number of hydrogen-bond donors (Lipinski definition) is 2. The van der Waals surface area contributed by atoms with Crippen molar-refractivity contribution in [3.63, 3.8) is 0 Å².